The maximum Gasteiger partial charge on any atom is 0.239 e. The summed E-state index contributed by atoms with van der Waals surface area (Å²) in [6.45, 7) is 4.41. The van der Waals surface area contributed by atoms with E-state index in [4.69, 9.17) is 16.6 Å². The van der Waals surface area contributed by atoms with Crippen LogP contribution in [0.4, 0.5) is 9.52 Å². The van der Waals surface area contributed by atoms with Gasteiger partial charge in [0.05, 0.1) is 27.6 Å². The number of benzene rings is 2. The van der Waals surface area contributed by atoms with Gasteiger partial charge in [0.25, 0.3) is 0 Å². The van der Waals surface area contributed by atoms with Gasteiger partial charge in [0.1, 0.15) is 5.82 Å². The van der Waals surface area contributed by atoms with Gasteiger partial charge in [-0.05, 0) is 49.2 Å². The van der Waals surface area contributed by atoms with E-state index in [2.05, 4.69) is 16.5 Å². The van der Waals surface area contributed by atoms with Gasteiger partial charge >= 0.3 is 0 Å². The fourth-order valence-corrected chi connectivity index (χ4v) is 4.37. The minimum atomic E-state index is -0.480. The third-order valence-electron chi connectivity index (χ3n) is 4.80. The molecule has 0 unspecified atom stereocenters. The number of aryl methyl sites for hydroxylation is 2. The molecule has 6 nitrogen and oxygen atoms in total. The van der Waals surface area contributed by atoms with Crippen molar-refractivity contribution < 1.29 is 9.18 Å². The molecule has 0 saturated heterocycles. The van der Waals surface area contributed by atoms with Crippen molar-refractivity contribution in [2.24, 2.45) is 0 Å². The second kappa shape index (κ2) is 8.64. The highest BCUT2D eigenvalue weighted by Gasteiger charge is 2.18. The Kier molecular flexibility index (Phi) is 5.93. The third kappa shape index (κ3) is 4.55. The molecule has 0 spiro atoms. The van der Waals surface area contributed by atoms with Gasteiger partial charge in [-0.25, -0.2) is 9.07 Å². The quantitative estimate of drug-likeness (QED) is 0.458. The van der Waals surface area contributed by atoms with Crippen molar-refractivity contribution in [3.05, 3.63) is 70.1 Å². The summed E-state index contributed by atoms with van der Waals surface area (Å²) in [5.41, 5.74) is 4.50. The molecule has 0 saturated carbocycles. The lowest BCUT2D eigenvalue weighted by atomic mass is 10.2. The molecule has 4 aromatic rings. The molecule has 0 fully saturated rings. The van der Waals surface area contributed by atoms with Gasteiger partial charge in [-0.1, -0.05) is 41.1 Å². The Bertz CT molecular complexity index is 1270. The molecule has 0 aliphatic heterocycles. The van der Waals surface area contributed by atoms with Gasteiger partial charge in [0.15, 0.2) is 10.8 Å². The van der Waals surface area contributed by atoms with Gasteiger partial charge in [-0.2, -0.15) is 10.1 Å². The second-order valence-corrected chi connectivity index (χ2v) is 8.75. The number of hydrogen-bond donors (Lipinski definition) is 1. The Morgan fingerprint density at radius 2 is 2.06 bits per heavy atom. The van der Waals surface area contributed by atoms with E-state index in [9.17, 15) is 9.18 Å². The summed E-state index contributed by atoms with van der Waals surface area (Å²) in [6, 6.07) is 12.5. The average molecular weight is 458 g/mol. The molecular weight excluding hydrogens is 437 g/mol. The van der Waals surface area contributed by atoms with Crippen LogP contribution in [-0.2, 0) is 11.3 Å². The number of likely N-dealkylation sites (N-methyl/N-ethyl adjacent to an activating group) is 1. The maximum atomic E-state index is 13.3. The topological polar surface area (TPSA) is 63.1 Å². The molecule has 0 bridgehead atoms. The summed E-state index contributed by atoms with van der Waals surface area (Å²) in [7, 11) is 1.83. The highest BCUT2D eigenvalue weighted by molar-refractivity contribution is 7.22. The zero-order valence-corrected chi connectivity index (χ0v) is 18.9. The predicted octanol–water partition coefficient (Wildman–Crippen LogP) is 4.64. The van der Waals surface area contributed by atoms with Crippen LogP contribution in [0.3, 0.4) is 0 Å². The average Bonchev–Trinajstić information content (AvgIpc) is 3.30. The predicted molar refractivity (Wildman–Crippen MR) is 123 cm³/mol. The first kappa shape index (κ1) is 21.3. The van der Waals surface area contributed by atoms with Crippen molar-refractivity contribution in [1.82, 2.24) is 20.1 Å². The summed E-state index contributed by atoms with van der Waals surface area (Å²) >= 11 is 7.29. The highest BCUT2D eigenvalue weighted by atomic mass is 35.5. The first-order chi connectivity index (χ1) is 14.8. The lowest BCUT2D eigenvalue weighted by Gasteiger charge is -2.15. The van der Waals surface area contributed by atoms with E-state index in [1.165, 1.54) is 23.5 Å². The molecule has 31 heavy (non-hydrogen) atoms. The number of carbonyl (C=O) groups excluding carboxylic acids is 1. The maximum absolute atomic E-state index is 13.3. The van der Waals surface area contributed by atoms with E-state index in [0.29, 0.717) is 0 Å². The van der Waals surface area contributed by atoms with Crippen LogP contribution in [0.1, 0.15) is 16.8 Å². The summed E-state index contributed by atoms with van der Waals surface area (Å²) in [6.07, 6.45) is 0. The summed E-state index contributed by atoms with van der Waals surface area (Å²) < 4.78 is 16.1. The molecule has 9 heteroatoms. The van der Waals surface area contributed by atoms with Gasteiger partial charge in [0.2, 0.25) is 5.91 Å². The molecule has 0 aliphatic carbocycles. The summed E-state index contributed by atoms with van der Waals surface area (Å²) in [4.78, 5) is 18.9. The summed E-state index contributed by atoms with van der Waals surface area (Å²) in [5, 5.41) is 8.23. The summed E-state index contributed by atoms with van der Waals surface area (Å²) in [5.74, 6) is -0.647. The van der Waals surface area contributed by atoms with Gasteiger partial charge in [-0.15, -0.1) is 0 Å². The molecule has 160 valence electrons. The first-order valence-electron chi connectivity index (χ1n) is 9.67. The number of rotatable bonds is 6. The number of carbonyl (C=O) groups is 1. The van der Waals surface area contributed by atoms with E-state index in [1.807, 2.05) is 43.8 Å². The van der Waals surface area contributed by atoms with Crippen LogP contribution in [0.2, 0.25) is 5.02 Å². The number of aromatic nitrogens is 3. The van der Waals surface area contributed by atoms with Gasteiger partial charge in [0, 0.05) is 13.6 Å². The van der Waals surface area contributed by atoms with Gasteiger partial charge in [-0.3, -0.25) is 4.79 Å². The molecule has 0 aliphatic rings. The SMILES string of the molecule is Cc1cccc(-n2nc(C)c3sc(N(C)CC(=O)NCc4ccc(F)c(Cl)c4)nc32)c1. The zero-order chi connectivity index (χ0) is 22.1. The Labute approximate surface area is 188 Å². The normalized spacial score (nSPS) is 11.1. The molecule has 0 radical (unpaired) electrons. The number of nitrogens with zero attached hydrogens (tertiary/aromatic N) is 4. The Morgan fingerprint density at radius 3 is 2.81 bits per heavy atom. The molecule has 1 amide bonds. The number of nitrogens with one attached hydrogen (secondary N) is 1. The van der Waals surface area contributed by atoms with Crippen LogP contribution in [0, 0.1) is 19.7 Å². The molecule has 2 heterocycles. The number of halogens is 2. The van der Waals surface area contributed by atoms with E-state index >= 15 is 0 Å². The zero-order valence-electron chi connectivity index (χ0n) is 17.3. The van der Waals surface area contributed by atoms with Crippen LogP contribution in [0.15, 0.2) is 42.5 Å². The number of thiazole rings is 1. The standard InChI is InChI=1S/C22H21ClFN5OS/c1-13-5-4-6-16(9-13)29-21-20(14(2)27-29)31-22(26-21)28(3)12-19(30)25-11-15-7-8-18(24)17(23)10-15/h4-10H,11-12H2,1-3H3,(H,25,30). The number of amides is 1. The molecule has 4 rings (SSSR count). The Morgan fingerprint density at radius 1 is 1.26 bits per heavy atom. The van der Waals surface area contributed by atoms with Crippen LogP contribution < -0.4 is 10.2 Å². The number of anilines is 1. The van der Waals surface area contributed by atoms with E-state index in [1.54, 1.807) is 11.0 Å². The lowest BCUT2D eigenvalue weighted by molar-refractivity contribution is -0.119. The monoisotopic (exact) mass is 457 g/mol. The smallest absolute Gasteiger partial charge is 0.239 e. The molecule has 2 aromatic heterocycles. The van der Waals surface area contributed by atoms with Crippen LogP contribution >= 0.6 is 22.9 Å². The minimum absolute atomic E-state index is 0.0383. The third-order valence-corrected chi connectivity index (χ3v) is 6.36. The fourth-order valence-electron chi connectivity index (χ4n) is 3.22. The fraction of sp³-hybridized carbons (Fsp3) is 0.227. The first-order valence-corrected chi connectivity index (χ1v) is 10.9. The largest absolute Gasteiger partial charge is 0.350 e. The van der Waals surface area contributed by atoms with Crippen LogP contribution in [-0.4, -0.2) is 34.3 Å². The van der Waals surface area contributed by atoms with E-state index in [-0.39, 0.29) is 24.0 Å². The second-order valence-electron chi connectivity index (χ2n) is 7.37. The molecule has 1 N–H and O–H groups in total. The van der Waals surface area contributed by atoms with E-state index < -0.39 is 5.82 Å². The Hall–Kier alpha value is -2.97. The molecular formula is C22H21ClFN5OS. The lowest BCUT2D eigenvalue weighted by Crippen LogP contribution is -2.34. The molecule has 0 atom stereocenters. The van der Waals surface area contributed by atoms with Crippen molar-refractivity contribution in [3.63, 3.8) is 0 Å². The number of hydrogen-bond acceptors (Lipinski definition) is 5. The van der Waals surface area contributed by atoms with Crippen molar-refractivity contribution >= 4 is 44.3 Å². The van der Waals surface area contributed by atoms with Crippen molar-refractivity contribution in [2.75, 3.05) is 18.5 Å². The number of fused-ring (bicyclic) bond motifs is 1. The van der Waals surface area contributed by atoms with Crippen molar-refractivity contribution in [1.29, 1.82) is 0 Å². The van der Waals surface area contributed by atoms with E-state index in [0.717, 1.165) is 38.0 Å². The van der Waals surface area contributed by atoms with Crippen LogP contribution in [0.25, 0.3) is 16.0 Å². The Balaban J connectivity index is 1.47. The van der Waals surface area contributed by atoms with Crippen LogP contribution in [0.5, 0.6) is 0 Å². The van der Waals surface area contributed by atoms with Crippen molar-refractivity contribution in [3.8, 4) is 5.69 Å². The highest BCUT2D eigenvalue weighted by Crippen LogP contribution is 2.32. The van der Waals surface area contributed by atoms with Gasteiger partial charge < -0.3 is 10.2 Å². The van der Waals surface area contributed by atoms with Crippen molar-refractivity contribution in [2.45, 2.75) is 20.4 Å². The minimum Gasteiger partial charge on any atom is -0.350 e. The molecule has 2 aromatic carbocycles.